The first-order chi connectivity index (χ1) is 7.67. The summed E-state index contributed by atoms with van der Waals surface area (Å²) in [6.45, 7) is 0. The molecule has 0 amide bonds. The molecule has 0 aliphatic carbocycles. The summed E-state index contributed by atoms with van der Waals surface area (Å²) in [6.07, 6.45) is 0. The van der Waals surface area contributed by atoms with Crippen LogP contribution in [0.4, 0.5) is 4.11 Å². The zero-order chi connectivity index (χ0) is 13.2. The minimum atomic E-state index is -1.37. The van der Waals surface area contributed by atoms with Crippen LogP contribution in [0.25, 0.3) is 16.0 Å². The first-order valence-electron chi connectivity index (χ1n) is 4.88. The predicted molar refractivity (Wildman–Crippen MR) is 76.9 cm³/mol. The van der Waals surface area contributed by atoms with Crippen LogP contribution in [0.15, 0.2) is 24.3 Å². The zero-order valence-corrected chi connectivity index (χ0v) is 15.6. The van der Waals surface area contributed by atoms with Crippen molar-refractivity contribution in [1.29, 1.82) is 0 Å². The molecule has 0 fully saturated rings. The second-order valence-corrected chi connectivity index (χ2v) is 3.85. The van der Waals surface area contributed by atoms with Gasteiger partial charge in [-0.2, -0.15) is 54.4 Å². The van der Waals surface area contributed by atoms with E-state index in [1.165, 1.54) is 0 Å². The van der Waals surface area contributed by atoms with Gasteiger partial charge in [0.25, 0.3) is 0 Å². The van der Waals surface area contributed by atoms with Crippen LogP contribution in [0, 0.1) is 0 Å². The molecule has 0 N–H and O–H groups in total. The summed E-state index contributed by atoms with van der Waals surface area (Å²) in [4.78, 5) is 0. The number of rotatable bonds is 1. The number of halogens is 1. The van der Waals surface area contributed by atoms with Crippen LogP contribution in [0.1, 0.15) is 0 Å². The van der Waals surface area contributed by atoms with E-state index in [0.717, 1.165) is 5.19 Å². The maximum atomic E-state index is 11.7. The molecule has 3 nitrogen and oxygen atoms in total. The van der Waals surface area contributed by atoms with Crippen molar-refractivity contribution >= 4 is 15.0 Å². The van der Waals surface area contributed by atoms with Crippen LogP contribution in [0.2, 0.25) is 0 Å². The smallest absolute Gasteiger partial charge is 0.668 e. The summed E-state index contributed by atoms with van der Waals surface area (Å²) >= 11 is 0. The van der Waals surface area contributed by atoms with Crippen LogP contribution >= 0.6 is 0 Å². The van der Waals surface area contributed by atoms with E-state index in [0.29, 0.717) is 0 Å². The molecule has 0 spiro atoms. The Hall–Kier alpha value is 0.260. The molecule has 0 aliphatic heterocycles. The van der Waals surface area contributed by atoms with E-state index in [9.17, 15) is 4.11 Å². The minimum absolute atomic E-state index is 0. The second kappa shape index (κ2) is 29.9. The van der Waals surface area contributed by atoms with Crippen molar-refractivity contribution in [2.24, 2.45) is 0 Å². The molecule has 0 unspecified atom stereocenters. The van der Waals surface area contributed by atoms with Crippen molar-refractivity contribution in [2.75, 3.05) is 42.3 Å². The molecular formula is C11H24FN3SiZr. The van der Waals surface area contributed by atoms with Crippen molar-refractivity contribution in [1.82, 2.24) is 0 Å². The van der Waals surface area contributed by atoms with Crippen LogP contribution in [0.3, 0.4) is 0 Å². The van der Waals surface area contributed by atoms with Crippen molar-refractivity contribution in [3.63, 3.8) is 0 Å². The fourth-order valence-electron chi connectivity index (χ4n) is 0.503. The molecule has 1 rings (SSSR count). The van der Waals surface area contributed by atoms with Crippen LogP contribution in [0.5, 0.6) is 0 Å². The van der Waals surface area contributed by atoms with Crippen molar-refractivity contribution < 1.29 is 30.3 Å². The molecule has 6 heteroatoms. The summed E-state index contributed by atoms with van der Waals surface area (Å²) < 4.78 is 11.7. The van der Waals surface area contributed by atoms with E-state index in [1.807, 2.05) is 24.3 Å². The van der Waals surface area contributed by atoms with Gasteiger partial charge in [0, 0.05) is 0 Å². The maximum Gasteiger partial charge on any atom is 4.00 e. The average Bonchev–Trinajstić information content (AvgIpc) is 2.73. The molecule has 17 heavy (non-hydrogen) atoms. The Morgan fingerprint density at radius 3 is 1.18 bits per heavy atom. The third-order valence-electron chi connectivity index (χ3n) is 0.886. The molecule has 98 valence electrons. The molecule has 0 aromatic heterocycles. The van der Waals surface area contributed by atoms with Gasteiger partial charge in [0.1, 0.15) is 0 Å². The van der Waals surface area contributed by atoms with Crippen LogP contribution < -0.4 is 5.19 Å². The number of nitrogens with zero attached hydrogens (tertiary/aromatic N) is 3. The molecular weight excluding hydrogens is 312 g/mol. The molecule has 0 heterocycles. The molecule has 1 aromatic rings. The maximum absolute atomic E-state index is 11.7. The van der Waals surface area contributed by atoms with Gasteiger partial charge in [-0.3, -0.25) is 0 Å². The molecule has 0 radical (unpaired) electrons. The van der Waals surface area contributed by atoms with E-state index >= 15 is 0 Å². The minimum Gasteiger partial charge on any atom is -0.668 e. The molecule has 0 bridgehead atoms. The molecule has 0 saturated heterocycles. The zero-order valence-electron chi connectivity index (χ0n) is 11.7. The fraction of sp³-hybridized carbons (Fsp3) is 0.545. The summed E-state index contributed by atoms with van der Waals surface area (Å²) in [5.41, 5.74) is 0. The van der Waals surface area contributed by atoms with Gasteiger partial charge in [0.2, 0.25) is 0 Å². The van der Waals surface area contributed by atoms with Crippen molar-refractivity contribution in [2.45, 2.75) is 0 Å². The monoisotopic (exact) mass is 335 g/mol. The van der Waals surface area contributed by atoms with Gasteiger partial charge in [0.15, 0.2) is 9.85 Å². The van der Waals surface area contributed by atoms with Crippen LogP contribution in [-0.2, 0) is 26.2 Å². The molecule has 1 aromatic carbocycles. The first-order valence-corrected chi connectivity index (χ1v) is 6.12. The van der Waals surface area contributed by atoms with E-state index in [1.54, 1.807) is 42.3 Å². The normalized spacial score (nSPS) is 7.71. The van der Waals surface area contributed by atoms with Gasteiger partial charge in [-0.1, -0.05) is 0 Å². The van der Waals surface area contributed by atoms with Crippen molar-refractivity contribution in [3.8, 4) is 0 Å². The second-order valence-electron chi connectivity index (χ2n) is 2.77. The Kier molecular flexibility index (Phi) is 45.6. The number of hydrogen-bond donors (Lipinski definition) is 0. The van der Waals surface area contributed by atoms with E-state index < -0.39 is 9.85 Å². The topological polar surface area (TPSA) is 42.3 Å². The van der Waals surface area contributed by atoms with Gasteiger partial charge in [-0.25, -0.2) is 12.1 Å². The summed E-state index contributed by atoms with van der Waals surface area (Å²) in [5.74, 6) is 0. The Morgan fingerprint density at radius 2 is 1.06 bits per heavy atom. The Balaban J connectivity index is -0.0000000734. The Labute approximate surface area is 127 Å². The largest absolute Gasteiger partial charge is 4.00 e. The Bertz CT molecular complexity index is 170. The number of hydrogen-bond acceptors (Lipinski definition) is 0. The quantitative estimate of drug-likeness (QED) is 0.427. The van der Waals surface area contributed by atoms with Crippen molar-refractivity contribution in [3.05, 3.63) is 40.2 Å². The van der Waals surface area contributed by atoms with E-state index in [4.69, 9.17) is 0 Å². The molecule has 0 saturated carbocycles. The van der Waals surface area contributed by atoms with Gasteiger partial charge >= 0.3 is 26.2 Å². The van der Waals surface area contributed by atoms with E-state index in [-0.39, 0.29) is 26.2 Å². The van der Waals surface area contributed by atoms with Gasteiger partial charge in [0.05, 0.1) is 0 Å². The summed E-state index contributed by atoms with van der Waals surface area (Å²) in [6, 6.07) is 7.38. The Morgan fingerprint density at radius 1 is 0.824 bits per heavy atom. The predicted octanol–water partition coefficient (Wildman–Crippen LogP) is 1.94. The SMILES string of the molecule is C[N-]C.C[N-]C.C[N-]C.F[SiH2][c-]1cccc1.[Zr+4]. The standard InChI is InChI=1S/C5H6FSi.3C2H6N.Zr/c6-7-5-3-1-2-4-5;3*1-3-2;/h1-4H,7H2;3*1-2H3;/q4*-1;+4. The van der Waals surface area contributed by atoms with Gasteiger partial charge in [-0.15, -0.1) is 5.19 Å². The third kappa shape index (κ3) is 38.6. The van der Waals surface area contributed by atoms with E-state index in [2.05, 4.69) is 16.0 Å². The van der Waals surface area contributed by atoms with Gasteiger partial charge < -0.3 is 20.1 Å². The first kappa shape index (κ1) is 26.0. The molecule has 0 atom stereocenters. The van der Waals surface area contributed by atoms with Crippen LogP contribution in [-0.4, -0.2) is 52.1 Å². The summed E-state index contributed by atoms with van der Waals surface area (Å²) in [7, 11) is 9.13. The fourth-order valence-corrected chi connectivity index (χ4v) is 0.953. The average molecular weight is 337 g/mol. The molecule has 0 aliphatic rings. The van der Waals surface area contributed by atoms with Gasteiger partial charge in [-0.05, 0) is 0 Å². The third-order valence-corrected chi connectivity index (χ3v) is 1.67. The summed E-state index contributed by atoms with van der Waals surface area (Å²) in [5, 5.41) is 11.4.